The van der Waals surface area contributed by atoms with Crippen molar-refractivity contribution >= 4 is 29.3 Å². The zero-order valence-electron chi connectivity index (χ0n) is 15.6. The highest BCUT2D eigenvalue weighted by Crippen LogP contribution is 2.22. The Hall–Kier alpha value is -2.51. The minimum absolute atomic E-state index is 0.0768. The molecule has 8 heteroatoms. The van der Waals surface area contributed by atoms with Gasteiger partial charge in [0.25, 0.3) is 0 Å². The lowest BCUT2D eigenvalue weighted by molar-refractivity contribution is -0.119. The van der Waals surface area contributed by atoms with Crippen LogP contribution >= 0.6 is 23.4 Å². The van der Waals surface area contributed by atoms with Crippen molar-refractivity contribution in [2.45, 2.75) is 25.0 Å². The van der Waals surface area contributed by atoms with Crippen molar-refractivity contribution in [2.75, 3.05) is 12.4 Å². The molecular weight excluding hydrogens is 396 g/mol. The number of nitrogens with zero attached hydrogens (tertiary/aromatic N) is 3. The Labute approximate surface area is 173 Å². The van der Waals surface area contributed by atoms with E-state index in [9.17, 15) is 4.79 Å². The second kappa shape index (κ2) is 9.61. The van der Waals surface area contributed by atoms with Crippen LogP contribution in [0, 0.1) is 0 Å². The second-order valence-electron chi connectivity index (χ2n) is 6.04. The first-order valence-corrected chi connectivity index (χ1v) is 10.2. The van der Waals surface area contributed by atoms with Crippen LogP contribution in [0.15, 0.2) is 60.0 Å². The van der Waals surface area contributed by atoms with Crippen molar-refractivity contribution < 1.29 is 9.53 Å². The summed E-state index contributed by atoms with van der Waals surface area (Å²) >= 11 is 7.37. The summed E-state index contributed by atoms with van der Waals surface area (Å²) in [6.45, 7) is 4.52. The van der Waals surface area contributed by atoms with Crippen molar-refractivity contribution in [3.8, 4) is 11.4 Å². The SMILES string of the molecule is CCOc1ccc(C(C)NC(=O)CSc2nncn2-c2cccc(Cl)c2)cc1. The van der Waals surface area contributed by atoms with Crippen molar-refractivity contribution in [1.82, 2.24) is 20.1 Å². The third kappa shape index (κ3) is 5.27. The molecule has 0 aliphatic heterocycles. The van der Waals surface area contributed by atoms with Gasteiger partial charge in [0.2, 0.25) is 5.91 Å². The van der Waals surface area contributed by atoms with E-state index < -0.39 is 0 Å². The van der Waals surface area contributed by atoms with Crippen LogP contribution in [0.4, 0.5) is 0 Å². The van der Waals surface area contributed by atoms with Crippen LogP contribution in [0.1, 0.15) is 25.5 Å². The van der Waals surface area contributed by atoms with Crippen LogP contribution in [0.5, 0.6) is 5.75 Å². The largest absolute Gasteiger partial charge is 0.494 e. The molecule has 0 saturated carbocycles. The first-order chi connectivity index (χ1) is 13.6. The van der Waals surface area contributed by atoms with Gasteiger partial charge in [0.1, 0.15) is 12.1 Å². The van der Waals surface area contributed by atoms with Gasteiger partial charge in [0.05, 0.1) is 24.1 Å². The highest BCUT2D eigenvalue weighted by molar-refractivity contribution is 7.99. The highest BCUT2D eigenvalue weighted by atomic mass is 35.5. The number of ether oxygens (including phenoxy) is 1. The molecular formula is C20H21ClN4O2S. The first kappa shape index (κ1) is 20.2. The molecule has 1 atom stereocenters. The summed E-state index contributed by atoms with van der Waals surface area (Å²) in [5.74, 6) is 0.980. The Morgan fingerprint density at radius 1 is 1.29 bits per heavy atom. The standard InChI is InChI=1S/C20H21ClN4O2S/c1-3-27-18-9-7-15(8-10-18)14(2)23-19(26)12-28-20-24-22-13-25(20)17-6-4-5-16(21)11-17/h4-11,13-14H,3,12H2,1-2H3,(H,23,26). The molecule has 1 heterocycles. The fourth-order valence-electron chi connectivity index (χ4n) is 2.64. The van der Waals surface area contributed by atoms with E-state index in [-0.39, 0.29) is 17.7 Å². The summed E-state index contributed by atoms with van der Waals surface area (Å²) in [5, 5.41) is 12.3. The maximum Gasteiger partial charge on any atom is 0.230 e. The first-order valence-electron chi connectivity index (χ1n) is 8.87. The van der Waals surface area contributed by atoms with E-state index in [0.717, 1.165) is 17.0 Å². The molecule has 1 unspecified atom stereocenters. The Morgan fingerprint density at radius 3 is 2.79 bits per heavy atom. The zero-order valence-corrected chi connectivity index (χ0v) is 17.2. The normalized spacial score (nSPS) is 11.8. The molecule has 1 N–H and O–H groups in total. The van der Waals surface area contributed by atoms with E-state index in [1.165, 1.54) is 11.8 Å². The highest BCUT2D eigenvalue weighted by Gasteiger charge is 2.13. The lowest BCUT2D eigenvalue weighted by atomic mass is 10.1. The molecule has 6 nitrogen and oxygen atoms in total. The molecule has 146 valence electrons. The molecule has 0 radical (unpaired) electrons. The van der Waals surface area contributed by atoms with E-state index in [2.05, 4.69) is 15.5 Å². The number of thioether (sulfide) groups is 1. The summed E-state index contributed by atoms with van der Waals surface area (Å²) < 4.78 is 7.25. The van der Waals surface area contributed by atoms with Crippen molar-refractivity contribution in [3.63, 3.8) is 0 Å². The van der Waals surface area contributed by atoms with Gasteiger partial charge in [-0.1, -0.05) is 41.6 Å². The number of aromatic nitrogens is 3. The number of carbonyl (C=O) groups is 1. The Balaban J connectivity index is 1.57. The van der Waals surface area contributed by atoms with Crippen LogP contribution < -0.4 is 10.1 Å². The second-order valence-corrected chi connectivity index (χ2v) is 7.42. The molecule has 28 heavy (non-hydrogen) atoms. The molecule has 0 fully saturated rings. The topological polar surface area (TPSA) is 69.0 Å². The molecule has 1 aromatic heterocycles. The minimum Gasteiger partial charge on any atom is -0.494 e. The number of benzene rings is 2. The van der Waals surface area contributed by atoms with Gasteiger partial charge in [-0.05, 0) is 49.7 Å². The van der Waals surface area contributed by atoms with Gasteiger partial charge in [-0.2, -0.15) is 0 Å². The van der Waals surface area contributed by atoms with Crippen molar-refractivity contribution in [2.24, 2.45) is 0 Å². The van der Waals surface area contributed by atoms with Crippen LogP contribution in [0.2, 0.25) is 5.02 Å². The van der Waals surface area contributed by atoms with E-state index in [1.54, 1.807) is 17.0 Å². The van der Waals surface area contributed by atoms with Crippen molar-refractivity contribution in [1.29, 1.82) is 0 Å². The quantitative estimate of drug-likeness (QED) is 0.555. The van der Waals surface area contributed by atoms with Crippen molar-refractivity contribution in [3.05, 3.63) is 65.4 Å². The molecule has 0 bridgehead atoms. The molecule has 3 aromatic rings. The lowest BCUT2D eigenvalue weighted by Gasteiger charge is -2.15. The predicted octanol–water partition coefficient (Wildman–Crippen LogP) is 4.29. The lowest BCUT2D eigenvalue weighted by Crippen LogP contribution is -2.28. The van der Waals surface area contributed by atoms with Crippen LogP contribution in [0.3, 0.4) is 0 Å². The van der Waals surface area contributed by atoms with Gasteiger partial charge in [-0.25, -0.2) is 0 Å². The zero-order chi connectivity index (χ0) is 19.9. The van der Waals surface area contributed by atoms with Gasteiger partial charge >= 0.3 is 0 Å². The predicted molar refractivity (Wildman–Crippen MR) is 111 cm³/mol. The molecule has 2 aromatic carbocycles. The average Bonchev–Trinajstić information content (AvgIpc) is 3.16. The maximum atomic E-state index is 12.4. The molecule has 3 rings (SSSR count). The maximum absolute atomic E-state index is 12.4. The van der Waals surface area contributed by atoms with E-state index in [4.69, 9.17) is 16.3 Å². The van der Waals surface area contributed by atoms with Gasteiger partial charge in [-0.3, -0.25) is 9.36 Å². The fourth-order valence-corrected chi connectivity index (χ4v) is 3.57. The third-order valence-electron chi connectivity index (χ3n) is 4.00. The van der Waals surface area contributed by atoms with Crippen LogP contribution in [-0.4, -0.2) is 33.0 Å². The number of nitrogens with one attached hydrogen (secondary N) is 1. The Bertz CT molecular complexity index is 930. The summed E-state index contributed by atoms with van der Waals surface area (Å²) in [5.41, 5.74) is 1.87. The monoisotopic (exact) mass is 416 g/mol. The number of hydrogen-bond donors (Lipinski definition) is 1. The summed E-state index contributed by atoms with van der Waals surface area (Å²) in [6, 6.07) is 15.0. The van der Waals surface area contributed by atoms with Crippen LogP contribution in [0.25, 0.3) is 5.69 Å². The number of amides is 1. The smallest absolute Gasteiger partial charge is 0.230 e. The molecule has 0 spiro atoms. The van der Waals surface area contributed by atoms with Gasteiger partial charge in [0, 0.05) is 5.02 Å². The number of carbonyl (C=O) groups excluding carboxylic acids is 1. The van der Waals surface area contributed by atoms with Gasteiger partial charge < -0.3 is 10.1 Å². The van der Waals surface area contributed by atoms with Crippen LogP contribution in [-0.2, 0) is 4.79 Å². The summed E-state index contributed by atoms with van der Waals surface area (Å²) in [6.07, 6.45) is 1.61. The number of halogens is 1. The van der Waals surface area contributed by atoms with E-state index in [1.807, 2.05) is 56.3 Å². The Morgan fingerprint density at radius 2 is 2.07 bits per heavy atom. The van der Waals surface area contributed by atoms with E-state index >= 15 is 0 Å². The fraction of sp³-hybridized carbons (Fsp3) is 0.250. The molecule has 0 aliphatic carbocycles. The van der Waals surface area contributed by atoms with E-state index in [0.29, 0.717) is 16.8 Å². The third-order valence-corrected chi connectivity index (χ3v) is 5.18. The minimum atomic E-state index is -0.102. The molecule has 0 aliphatic rings. The number of hydrogen-bond acceptors (Lipinski definition) is 5. The summed E-state index contributed by atoms with van der Waals surface area (Å²) in [4.78, 5) is 12.4. The van der Waals surface area contributed by atoms with Gasteiger partial charge in [0.15, 0.2) is 5.16 Å². The van der Waals surface area contributed by atoms with Gasteiger partial charge in [-0.15, -0.1) is 10.2 Å². The Kier molecular flexibility index (Phi) is 6.95. The summed E-state index contributed by atoms with van der Waals surface area (Å²) in [7, 11) is 0. The number of rotatable bonds is 8. The molecule has 1 amide bonds. The molecule has 0 saturated heterocycles. The average molecular weight is 417 g/mol.